The van der Waals surface area contributed by atoms with Gasteiger partial charge in [0.15, 0.2) is 5.78 Å². The Balaban J connectivity index is 2.01. The molecule has 0 amide bonds. The summed E-state index contributed by atoms with van der Waals surface area (Å²) in [5, 5.41) is 0. The van der Waals surface area contributed by atoms with E-state index in [1.165, 1.54) is 16.7 Å². The minimum Gasteiger partial charge on any atom is -0.301 e. The molecule has 3 rings (SSSR count). The topological polar surface area (TPSA) is 34.1 Å². The molecule has 1 aliphatic rings. The number of alkyl halides is 2. The number of aldehydes is 1. The molecule has 2 unspecified atom stereocenters. The van der Waals surface area contributed by atoms with Crippen molar-refractivity contribution in [3.05, 3.63) is 70.3 Å². The van der Waals surface area contributed by atoms with Crippen molar-refractivity contribution >= 4 is 35.3 Å². The first-order valence-electron chi connectivity index (χ1n) is 10.3. The van der Waals surface area contributed by atoms with E-state index in [9.17, 15) is 9.59 Å². The highest BCUT2D eigenvalue weighted by atomic mass is 35.5. The van der Waals surface area contributed by atoms with Gasteiger partial charge in [0.25, 0.3) is 0 Å². The van der Waals surface area contributed by atoms with Gasteiger partial charge in [0.2, 0.25) is 0 Å². The summed E-state index contributed by atoms with van der Waals surface area (Å²) in [6, 6.07) is 14.3. The van der Waals surface area contributed by atoms with E-state index in [-0.39, 0.29) is 16.6 Å². The van der Waals surface area contributed by atoms with Gasteiger partial charge in [0.05, 0.1) is 0 Å². The molecule has 2 atom stereocenters. The van der Waals surface area contributed by atoms with E-state index in [2.05, 4.69) is 51.1 Å². The lowest BCUT2D eigenvalue weighted by Gasteiger charge is -2.29. The Kier molecular flexibility index (Phi) is 5.76. The zero-order chi connectivity index (χ0) is 22.5. The SMILES string of the molecule is CC(Cl)(C=O)Cc1ccc2c(c1)C(C)(C)CC2(C)c1ccc(C(=O)C(C)(C)Cl)cc1. The third-order valence-corrected chi connectivity index (χ3v) is 6.72. The predicted molar refractivity (Wildman–Crippen MR) is 125 cm³/mol. The third-order valence-electron chi connectivity index (χ3n) is 6.32. The Morgan fingerprint density at radius 2 is 1.60 bits per heavy atom. The number of ketones is 1. The molecule has 0 heterocycles. The molecule has 0 aromatic heterocycles. The van der Waals surface area contributed by atoms with Crippen LogP contribution in [-0.2, 0) is 22.0 Å². The molecule has 2 nitrogen and oxygen atoms in total. The van der Waals surface area contributed by atoms with Crippen LogP contribution in [0.1, 0.15) is 80.6 Å². The molecular formula is C26H30Cl2O2. The fourth-order valence-electron chi connectivity index (χ4n) is 4.85. The van der Waals surface area contributed by atoms with Crippen LogP contribution in [0.4, 0.5) is 0 Å². The fraction of sp³-hybridized carbons (Fsp3) is 0.462. The first-order valence-corrected chi connectivity index (χ1v) is 11.1. The van der Waals surface area contributed by atoms with Gasteiger partial charge in [-0.25, -0.2) is 0 Å². The molecule has 0 radical (unpaired) electrons. The van der Waals surface area contributed by atoms with Crippen molar-refractivity contribution < 1.29 is 9.59 Å². The zero-order valence-electron chi connectivity index (χ0n) is 18.6. The highest BCUT2D eigenvalue weighted by Crippen LogP contribution is 2.53. The molecule has 0 bridgehead atoms. The molecule has 1 aliphatic carbocycles. The average Bonchev–Trinajstić information content (AvgIpc) is 2.86. The third kappa shape index (κ3) is 4.22. The summed E-state index contributed by atoms with van der Waals surface area (Å²) < 4.78 is 0. The lowest BCUT2D eigenvalue weighted by atomic mass is 9.75. The van der Waals surface area contributed by atoms with Crippen LogP contribution in [0.3, 0.4) is 0 Å². The van der Waals surface area contributed by atoms with Crippen LogP contribution in [-0.4, -0.2) is 21.8 Å². The van der Waals surface area contributed by atoms with E-state index in [0.717, 1.165) is 18.3 Å². The second-order valence-electron chi connectivity index (χ2n) is 10.2. The molecule has 0 spiro atoms. The van der Waals surface area contributed by atoms with Gasteiger partial charge in [-0.3, -0.25) is 4.79 Å². The van der Waals surface area contributed by atoms with Crippen molar-refractivity contribution in [1.82, 2.24) is 0 Å². The molecule has 0 saturated heterocycles. The molecule has 0 N–H and O–H groups in total. The van der Waals surface area contributed by atoms with Crippen LogP contribution in [0.15, 0.2) is 42.5 Å². The van der Waals surface area contributed by atoms with Gasteiger partial charge in [-0.1, -0.05) is 63.2 Å². The van der Waals surface area contributed by atoms with E-state index in [1.807, 2.05) is 12.1 Å². The number of carbonyl (C=O) groups is 2. The van der Waals surface area contributed by atoms with Crippen LogP contribution in [0.2, 0.25) is 0 Å². The summed E-state index contributed by atoms with van der Waals surface area (Å²) in [5.74, 6) is -0.0723. The Morgan fingerprint density at radius 3 is 2.13 bits per heavy atom. The average molecular weight is 445 g/mol. The number of Topliss-reactive ketones (excluding diaryl/α,β-unsaturated/α-hetero) is 1. The van der Waals surface area contributed by atoms with E-state index in [1.54, 1.807) is 20.8 Å². The van der Waals surface area contributed by atoms with Crippen LogP contribution in [0.25, 0.3) is 0 Å². The van der Waals surface area contributed by atoms with Crippen LogP contribution < -0.4 is 0 Å². The van der Waals surface area contributed by atoms with Crippen molar-refractivity contribution in [2.45, 2.75) is 75.0 Å². The summed E-state index contributed by atoms with van der Waals surface area (Å²) >= 11 is 12.5. The van der Waals surface area contributed by atoms with E-state index in [4.69, 9.17) is 23.2 Å². The molecule has 30 heavy (non-hydrogen) atoms. The maximum Gasteiger partial charge on any atom is 0.183 e. The van der Waals surface area contributed by atoms with Crippen molar-refractivity contribution in [3.63, 3.8) is 0 Å². The molecule has 2 aromatic carbocycles. The van der Waals surface area contributed by atoms with E-state index in [0.29, 0.717) is 12.0 Å². The van der Waals surface area contributed by atoms with Crippen LogP contribution in [0, 0.1) is 0 Å². The number of benzene rings is 2. The second-order valence-corrected chi connectivity index (χ2v) is 12.0. The van der Waals surface area contributed by atoms with E-state index < -0.39 is 9.75 Å². The number of rotatable bonds is 6. The maximum atomic E-state index is 12.5. The predicted octanol–water partition coefficient (Wildman–Crippen LogP) is 6.61. The molecule has 0 aliphatic heterocycles. The monoisotopic (exact) mass is 444 g/mol. The maximum absolute atomic E-state index is 12.5. The molecule has 2 aromatic rings. The Hall–Kier alpha value is -1.64. The van der Waals surface area contributed by atoms with Crippen molar-refractivity contribution in [1.29, 1.82) is 0 Å². The lowest BCUT2D eigenvalue weighted by molar-refractivity contribution is -0.109. The highest BCUT2D eigenvalue weighted by Gasteiger charge is 2.46. The van der Waals surface area contributed by atoms with Crippen LogP contribution >= 0.6 is 23.2 Å². The van der Waals surface area contributed by atoms with Gasteiger partial charge in [0.1, 0.15) is 16.0 Å². The summed E-state index contributed by atoms with van der Waals surface area (Å²) in [4.78, 5) is 21.9. The van der Waals surface area contributed by atoms with Gasteiger partial charge in [-0.2, -0.15) is 0 Å². The largest absolute Gasteiger partial charge is 0.301 e. The molecular weight excluding hydrogens is 415 g/mol. The van der Waals surface area contributed by atoms with Gasteiger partial charge in [-0.15, -0.1) is 23.2 Å². The van der Waals surface area contributed by atoms with Crippen molar-refractivity contribution in [2.24, 2.45) is 0 Å². The lowest BCUT2D eigenvalue weighted by Crippen LogP contribution is -2.26. The minimum atomic E-state index is -0.914. The van der Waals surface area contributed by atoms with Gasteiger partial charge < -0.3 is 4.79 Å². The summed E-state index contributed by atoms with van der Waals surface area (Å²) in [7, 11) is 0. The fourth-order valence-corrected chi connectivity index (χ4v) is 5.11. The number of carbonyl (C=O) groups excluding carboxylic acids is 2. The molecule has 0 saturated carbocycles. The van der Waals surface area contributed by atoms with Crippen molar-refractivity contribution in [3.8, 4) is 0 Å². The number of fused-ring (bicyclic) bond motifs is 1. The molecule has 160 valence electrons. The van der Waals surface area contributed by atoms with Gasteiger partial charge in [0, 0.05) is 11.0 Å². The minimum absolute atomic E-state index is 0.0173. The Bertz CT molecular complexity index is 981. The standard InChI is InChI=1S/C26H30Cl2O2/c1-23(2)15-26(6,19-10-8-18(9-11-19)22(30)24(3,4)27)20-12-7-17(13-21(20)23)14-25(5,28)16-29/h7-13,16H,14-15H2,1-6H3. The second kappa shape index (κ2) is 7.50. The normalized spacial score (nSPS) is 22.3. The smallest absolute Gasteiger partial charge is 0.183 e. The van der Waals surface area contributed by atoms with Gasteiger partial charge in [-0.05, 0) is 61.3 Å². The quantitative estimate of drug-likeness (QED) is 0.285. The van der Waals surface area contributed by atoms with E-state index >= 15 is 0 Å². The Morgan fingerprint density at radius 1 is 1.00 bits per heavy atom. The number of hydrogen-bond acceptors (Lipinski definition) is 2. The molecule has 4 heteroatoms. The molecule has 0 fully saturated rings. The summed E-state index contributed by atoms with van der Waals surface area (Å²) in [5.41, 5.74) is 5.28. The number of hydrogen-bond donors (Lipinski definition) is 0. The van der Waals surface area contributed by atoms with Crippen LogP contribution in [0.5, 0.6) is 0 Å². The Labute approximate surface area is 190 Å². The van der Waals surface area contributed by atoms with Gasteiger partial charge >= 0.3 is 0 Å². The highest BCUT2D eigenvalue weighted by molar-refractivity contribution is 6.37. The first kappa shape index (κ1) is 23.0. The summed E-state index contributed by atoms with van der Waals surface area (Å²) in [6.07, 6.45) is 2.27. The summed E-state index contributed by atoms with van der Waals surface area (Å²) in [6.45, 7) is 12.0. The zero-order valence-corrected chi connectivity index (χ0v) is 20.1. The first-order chi connectivity index (χ1) is 13.7. The number of halogens is 2. The van der Waals surface area contributed by atoms with Crippen molar-refractivity contribution in [2.75, 3.05) is 0 Å².